The molecule has 3 rings (SSSR count). The average molecular weight is 298 g/mol. The van der Waals surface area contributed by atoms with Crippen molar-refractivity contribution in [1.82, 2.24) is 25.2 Å². The highest BCUT2D eigenvalue weighted by Gasteiger charge is 2.28. The van der Waals surface area contributed by atoms with E-state index in [-0.39, 0.29) is 12.4 Å². The fourth-order valence-corrected chi connectivity index (χ4v) is 2.16. The first kappa shape index (κ1) is 15.0. The lowest BCUT2D eigenvalue weighted by Crippen LogP contribution is -2.24. The first-order chi connectivity index (χ1) is 9.17. The molecule has 2 heterocycles. The Morgan fingerprint density at radius 3 is 2.90 bits per heavy atom. The number of nitrogens with zero attached hydrogens (tertiary/aromatic N) is 4. The maximum atomic E-state index is 5.30. The number of hydrogen-bond donors (Lipinski definition) is 1. The lowest BCUT2D eigenvalue weighted by Gasteiger charge is -2.04. The van der Waals surface area contributed by atoms with E-state index in [1.54, 1.807) is 0 Å². The maximum Gasteiger partial charge on any atom is 0.278 e. The molecule has 110 valence electrons. The molecule has 0 radical (unpaired) electrons. The molecule has 1 N–H and O–H groups in total. The van der Waals surface area contributed by atoms with Crippen molar-refractivity contribution in [2.45, 2.75) is 38.1 Å². The summed E-state index contributed by atoms with van der Waals surface area (Å²) in [4.78, 5) is 4.41. The summed E-state index contributed by atoms with van der Waals surface area (Å²) in [5.41, 5.74) is 2.04. The van der Waals surface area contributed by atoms with Crippen LogP contribution in [-0.4, -0.2) is 33.0 Å². The topological polar surface area (TPSA) is 68.8 Å². The Bertz CT molecular complexity index is 575. The van der Waals surface area contributed by atoms with Gasteiger partial charge in [-0.15, -0.1) is 12.4 Å². The second-order valence-corrected chi connectivity index (χ2v) is 5.26. The van der Waals surface area contributed by atoms with Gasteiger partial charge in [0.1, 0.15) is 0 Å². The molecule has 1 fully saturated rings. The zero-order chi connectivity index (χ0) is 13.4. The maximum absolute atomic E-state index is 5.30. The molecule has 0 aromatic carbocycles. The molecular weight excluding hydrogens is 278 g/mol. The van der Waals surface area contributed by atoms with Crippen molar-refractivity contribution >= 4 is 12.4 Å². The first-order valence-corrected chi connectivity index (χ1v) is 6.71. The van der Waals surface area contributed by atoms with Crippen molar-refractivity contribution in [2.75, 3.05) is 7.05 Å². The molecule has 1 aliphatic carbocycles. The van der Waals surface area contributed by atoms with Gasteiger partial charge < -0.3 is 9.84 Å². The van der Waals surface area contributed by atoms with Crippen molar-refractivity contribution in [1.29, 1.82) is 0 Å². The highest BCUT2D eigenvalue weighted by Crippen LogP contribution is 2.40. The first-order valence-electron chi connectivity index (χ1n) is 6.71. The standard InChI is InChI=1S/C13H19N5O.ClH/c1-8(14-2)6-12-15-13(19-17-12)10-7-11(9-4-5-9)18(3)16-10;/h7-9,14H,4-6H2,1-3H3;1H. The van der Waals surface area contributed by atoms with Crippen molar-refractivity contribution in [3.63, 3.8) is 0 Å². The van der Waals surface area contributed by atoms with Crippen LogP contribution in [0.4, 0.5) is 0 Å². The minimum absolute atomic E-state index is 0. The minimum Gasteiger partial charge on any atom is -0.332 e. The largest absolute Gasteiger partial charge is 0.332 e. The van der Waals surface area contributed by atoms with Gasteiger partial charge in [-0.1, -0.05) is 5.16 Å². The monoisotopic (exact) mass is 297 g/mol. The van der Waals surface area contributed by atoms with E-state index >= 15 is 0 Å². The van der Waals surface area contributed by atoms with E-state index in [0.29, 0.717) is 17.9 Å². The van der Waals surface area contributed by atoms with Crippen molar-refractivity contribution < 1.29 is 4.52 Å². The average Bonchev–Trinajstić information content (AvgIpc) is 3.01. The van der Waals surface area contributed by atoms with Gasteiger partial charge in [-0.2, -0.15) is 10.1 Å². The van der Waals surface area contributed by atoms with Crippen LogP contribution < -0.4 is 5.32 Å². The molecule has 0 aliphatic heterocycles. The fourth-order valence-electron chi connectivity index (χ4n) is 2.16. The third-order valence-corrected chi connectivity index (χ3v) is 3.58. The predicted molar refractivity (Wildman–Crippen MR) is 77.9 cm³/mol. The number of nitrogens with one attached hydrogen (secondary N) is 1. The van der Waals surface area contributed by atoms with Gasteiger partial charge >= 0.3 is 0 Å². The number of hydrogen-bond acceptors (Lipinski definition) is 5. The van der Waals surface area contributed by atoms with Gasteiger partial charge in [0.25, 0.3) is 5.89 Å². The van der Waals surface area contributed by atoms with Crippen LogP contribution >= 0.6 is 12.4 Å². The van der Waals surface area contributed by atoms with Crippen LogP contribution in [0.25, 0.3) is 11.6 Å². The third kappa shape index (κ3) is 3.02. The molecule has 1 unspecified atom stereocenters. The molecular formula is C13H20ClN5O. The second kappa shape index (κ2) is 5.93. The molecule has 1 atom stereocenters. The summed E-state index contributed by atoms with van der Waals surface area (Å²) in [6, 6.07) is 2.40. The van der Waals surface area contributed by atoms with Crippen LogP contribution in [-0.2, 0) is 13.5 Å². The molecule has 0 spiro atoms. The Balaban J connectivity index is 0.00000147. The predicted octanol–water partition coefficient (Wildman–Crippen LogP) is 1.92. The van der Waals surface area contributed by atoms with Gasteiger partial charge in [-0.05, 0) is 32.9 Å². The SMILES string of the molecule is CNC(C)Cc1noc(-c2cc(C3CC3)n(C)n2)n1.Cl. The Labute approximate surface area is 124 Å². The van der Waals surface area contributed by atoms with Gasteiger partial charge in [-0.25, -0.2) is 0 Å². The number of halogens is 1. The summed E-state index contributed by atoms with van der Waals surface area (Å²) >= 11 is 0. The molecule has 6 nitrogen and oxygen atoms in total. The second-order valence-electron chi connectivity index (χ2n) is 5.26. The minimum atomic E-state index is 0. The van der Waals surface area contributed by atoms with Crippen LogP contribution in [0, 0.1) is 0 Å². The van der Waals surface area contributed by atoms with E-state index in [4.69, 9.17) is 4.52 Å². The van der Waals surface area contributed by atoms with Gasteiger partial charge in [0, 0.05) is 31.1 Å². The van der Waals surface area contributed by atoms with Crippen LogP contribution in [0.2, 0.25) is 0 Å². The van der Waals surface area contributed by atoms with Crippen LogP contribution in [0.15, 0.2) is 10.6 Å². The normalized spacial score (nSPS) is 15.9. The van der Waals surface area contributed by atoms with Crippen LogP contribution in [0.3, 0.4) is 0 Å². The van der Waals surface area contributed by atoms with Gasteiger partial charge in [-0.3, -0.25) is 4.68 Å². The smallest absolute Gasteiger partial charge is 0.278 e. The summed E-state index contributed by atoms with van der Waals surface area (Å²) in [5.74, 6) is 1.90. The summed E-state index contributed by atoms with van der Waals surface area (Å²) in [5, 5.41) is 11.6. The molecule has 7 heteroatoms. The number of likely N-dealkylation sites (N-methyl/N-ethyl adjacent to an activating group) is 1. The van der Waals surface area contributed by atoms with E-state index in [1.165, 1.54) is 18.5 Å². The fraction of sp³-hybridized carbons (Fsp3) is 0.615. The summed E-state index contributed by atoms with van der Waals surface area (Å²) in [6.07, 6.45) is 3.27. The zero-order valence-corrected chi connectivity index (χ0v) is 12.8. The van der Waals surface area contributed by atoms with E-state index in [0.717, 1.165) is 17.9 Å². The molecule has 1 aliphatic rings. The molecule has 20 heavy (non-hydrogen) atoms. The van der Waals surface area contributed by atoms with Crippen molar-refractivity contribution in [2.24, 2.45) is 7.05 Å². The van der Waals surface area contributed by atoms with E-state index < -0.39 is 0 Å². The lowest BCUT2D eigenvalue weighted by molar-refractivity contribution is 0.416. The highest BCUT2D eigenvalue weighted by atomic mass is 35.5. The Morgan fingerprint density at radius 1 is 1.50 bits per heavy atom. The van der Waals surface area contributed by atoms with E-state index in [9.17, 15) is 0 Å². The number of rotatable bonds is 5. The van der Waals surface area contributed by atoms with Gasteiger partial charge in [0.05, 0.1) is 0 Å². The van der Waals surface area contributed by atoms with Gasteiger partial charge in [0.2, 0.25) is 0 Å². The highest BCUT2D eigenvalue weighted by molar-refractivity contribution is 5.85. The van der Waals surface area contributed by atoms with E-state index in [2.05, 4.69) is 33.5 Å². The quantitative estimate of drug-likeness (QED) is 0.913. The molecule has 2 aromatic rings. The van der Waals surface area contributed by atoms with Crippen molar-refractivity contribution in [3.8, 4) is 11.6 Å². The Hall–Kier alpha value is -1.40. The summed E-state index contributed by atoms with van der Waals surface area (Å²) in [6.45, 7) is 2.09. The summed E-state index contributed by atoms with van der Waals surface area (Å²) in [7, 11) is 3.89. The van der Waals surface area contributed by atoms with Crippen LogP contribution in [0.5, 0.6) is 0 Å². The molecule has 1 saturated carbocycles. The van der Waals surface area contributed by atoms with E-state index in [1.807, 2.05) is 18.8 Å². The number of aryl methyl sites for hydroxylation is 1. The Morgan fingerprint density at radius 2 is 2.25 bits per heavy atom. The Kier molecular flexibility index (Phi) is 4.45. The lowest BCUT2D eigenvalue weighted by atomic mass is 10.2. The van der Waals surface area contributed by atoms with Crippen LogP contribution in [0.1, 0.15) is 37.2 Å². The van der Waals surface area contributed by atoms with Gasteiger partial charge in [0.15, 0.2) is 11.5 Å². The van der Waals surface area contributed by atoms with Crippen molar-refractivity contribution in [3.05, 3.63) is 17.6 Å². The molecule has 2 aromatic heterocycles. The zero-order valence-electron chi connectivity index (χ0n) is 12.0. The molecule has 0 amide bonds. The third-order valence-electron chi connectivity index (χ3n) is 3.58. The molecule has 0 bridgehead atoms. The summed E-state index contributed by atoms with van der Waals surface area (Å²) < 4.78 is 7.22. The number of aromatic nitrogens is 4. The molecule has 0 saturated heterocycles.